The van der Waals surface area contributed by atoms with E-state index in [1.165, 1.54) is 6.07 Å². The molecular weight excluding hydrogens is 248 g/mol. The molecule has 0 bridgehead atoms. The van der Waals surface area contributed by atoms with Crippen LogP contribution < -0.4 is 4.90 Å². The van der Waals surface area contributed by atoms with E-state index in [1.807, 2.05) is 11.8 Å². The number of methoxy groups -OCH3 is 1. The second kappa shape index (κ2) is 7.06. The zero-order valence-corrected chi connectivity index (χ0v) is 11.5. The Hall–Kier alpha value is -1.66. The van der Waals surface area contributed by atoms with Crippen molar-refractivity contribution in [2.75, 3.05) is 31.7 Å². The molecule has 1 aromatic carbocycles. The highest BCUT2D eigenvalue weighted by molar-refractivity contribution is 5.64. The van der Waals surface area contributed by atoms with Crippen molar-refractivity contribution >= 4 is 11.4 Å². The molecule has 106 valence electrons. The topological polar surface area (TPSA) is 75.8 Å². The molecule has 0 saturated heterocycles. The number of aliphatic hydroxyl groups is 1. The zero-order chi connectivity index (χ0) is 14.4. The molecule has 1 atom stereocenters. The number of aliphatic hydroxyl groups excluding tert-OH is 1. The van der Waals surface area contributed by atoms with Crippen LogP contribution in [0.3, 0.4) is 0 Å². The molecule has 0 aliphatic heterocycles. The van der Waals surface area contributed by atoms with Crippen molar-refractivity contribution in [1.82, 2.24) is 0 Å². The highest BCUT2D eigenvalue weighted by atomic mass is 16.6. The quantitative estimate of drug-likeness (QED) is 0.605. The van der Waals surface area contributed by atoms with E-state index < -0.39 is 11.0 Å². The third-order valence-electron chi connectivity index (χ3n) is 2.97. The minimum atomic E-state index is -0.721. The number of ether oxygens (including phenoxy) is 1. The third kappa shape index (κ3) is 3.90. The standard InChI is InChI=1S/C13H20N2O4/c1-4-14(7-8-19-3)12-6-5-11(10(2)16)9-13(12)15(17)18/h5-6,9-10,16H,4,7-8H2,1-3H3. The maximum Gasteiger partial charge on any atom is 0.292 e. The first-order valence-corrected chi connectivity index (χ1v) is 6.21. The van der Waals surface area contributed by atoms with Gasteiger partial charge in [0.05, 0.1) is 17.6 Å². The van der Waals surface area contributed by atoms with Crippen molar-refractivity contribution in [1.29, 1.82) is 0 Å². The molecule has 0 aliphatic rings. The summed E-state index contributed by atoms with van der Waals surface area (Å²) in [6.07, 6.45) is -0.721. The average Bonchev–Trinajstić information content (AvgIpc) is 2.39. The Morgan fingerprint density at radius 1 is 1.53 bits per heavy atom. The maximum atomic E-state index is 11.2. The molecule has 1 N–H and O–H groups in total. The normalized spacial score (nSPS) is 12.2. The molecule has 0 spiro atoms. The lowest BCUT2D eigenvalue weighted by molar-refractivity contribution is -0.384. The minimum Gasteiger partial charge on any atom is -0.389 e. The van der Waals surface area contributed by atoms with E-state index in [4.69, 9.17) is 4.74 Å². The van der Waals surface area contributed by atoms with Gasteiger partial charge in [0.2, 0.25) is 0 Å². The molecule has 0 saturated carbocycles. The van der Waals surface area contributed by atoms with Crippen molar-refractivity contribution in [3.8, 4) is 0 Å². The number of hydrogen-bond acceptors (Lipinski definition) is 5. The van der Waals surface area contributed by atoms with Crippen LogP contribution in [0.2, 0.25) is 0 Å². The van der Waals surface area contributed by atoms with Gasteiger partial charge in [-0.3, -0.25) is 10.1 Å². The molecular formula is C13H20N2O4. The predicted molar refractivity (Wildman–Crippen MR) is 73.5 cm³/mol. The lowest BCUT2D eigenvalue weighted by atomic mass is 10.1. The summed E-state index contributed by atoms with van der Waals surface area (Å²) < 4.78 is 5.01. The van der Waals surface area contributed by atoms with Crippen molar-refractivity contribution in [3.05, 3.63) is 33.9 Å². The van der Waals surface area contributed by atoms with E-state index in [0.29, 0.717) is 30.9 Å². The molecule has 6 heteroatoms. The van der Waals surface area contributed by atoms with Gasteiger partial charge in [0.15, 0.2) is 0 Å². The molecule has 0 aliphatic carbocycles. The van der Waals surface area contributed by atoms with Crippen LogP contribution >= 0.6 is 0 Å². The molecule has 0 aromatic heterocycles. The third-order valence-corrected chi connectivity index (χ3v) is 2.97. The average molecular weight is 268 g/mol. The second-order valence-corrected chi connectivity index (χ2v) is 4.25. The molecule has 0 amide bonds. The monoisotopic (exact) mass is 268 g/mol. The SMILES string of the molecule is CCN(CCOC)c1ccc(C(C)O)cc1[N+](=O)[O-]. The van der Waals surface area contributed by atoms with Gasteiger partial charge in [-0.15, -0.1) is 0 Å². The van der Waals surface area contributed by atoms with E-state index in [0.717, 1.165) is 0 Å². The Balaban J connectivity index is 3.14. The number of hydrogen-bond donors (Lipinski definition) is 1. The van der Waals surface area contributed by atoms with Gasteiger partial charge in [0.25, 0.3) is 5.69 Å². The molecule has 1 rings (SSSR count). The van der Waals surface area contributed by atoms with Crippen molar-refractivity contribution < 1.29 is 14.8 Å². The Kier molecular flexibility index (Phi) is 5.72. The summed E-state index contributed by atoms with van der Waals surface area (Å²) in [4.78, 5) is 12.6. The van der Waals surface area contributed by atoms with Crippen molar-refractivity contribution in [2.24, 2.45) is 0 Å². The van der Waals surface area contributed by atoms with Crippen LogP contribution in [0.4, 0.5) is 11.4 Å². The van der Waals surface area contributed by atoms with Gasteiger partial charge in [-0.05, 0) is 25.5 Å². The lowest BCUT2D eigenvalue weighted by Crippen LogP contribution is -2.27. The summed E-state index contributed by atoms with van der Waals surface area (Å²) in [5, 5.41) is 20.7. The van der Waals surface area contributed by atoms with Crippen LogP contribution in [0, 0.1) is 10.1 Å². The minimum absolute atomic E-state index is 0.0105. The van der Waals surface area contributed by atoms with Crippen LogP contribution in [-0.4, -0.2) is 36.8 Å². The van der Waals surface area contributed by atoms with E-state index in [2.05, 4.69) is 0 Å². The summed E-state index contributed by atoms with van der Waals surface area (Å²) >= 11 is 0. The molecule has 1 unspecified atom stereocenters. The summed E-state index contributed by atoms with van der Waals surface area (Å²) in [5.74, 6) is 0. The Morgan fingerprint density at radius 3 is 2.68 bits per heavy atom. The second-order valence-electron chi connectivity index (χ2n) is 4.25. The molecule has 0 radical (unpaired) electrons. The van der Waals surface area contributed by atoms with Gasteiger partial charge < -0.3 is 14.7 Å². The summed E-state index contributed by atoms with van der Waals surface area (Å²) in [6, 6.07) is 4.82. The van der Waals surface area contributed by atoms with Gasteiger partial charge in [0, 0.05) is 26.3 Å². The molecule has 0 heterocycles. The Bertz CT molecular complexity index is 435. The Morgan fingerprint density at radius 2 is 2.21 bits per heavy atom. The number of nitrogens with zero attached hydrogens (tertiary/aromatic N) is 2. The highest BCUT2D eigenvalue weighted by Gasteiger charge is 2.20. The first kappa shape index (κ1) is 15.4. The van der Waals surface area contributed by atoms with Crippen LogP contribution in [0.5, 0.6) is 0 Å². The lowest BCUT2D eigenvalue weighted by Gasteiger charge is -2.22. The van der Waals surface area contributed by atoms with Gasteiger partial charge >= 0.3 is 0 Å². The van der Waals surface area contributed by atoms with Crippen molar-refractivity contribution in [3.63, 3.8) is 0 Å². The van der Waals surface area contributed by atoms with Gasteiger partial charge in [-0.1, -0.05) is 6.07 Å². The van der Waals surface area contributed by atoms with E-state index in [1.54, 1.807) is 26.2 Å². The summed E-state index contributed by atoms with van der Waals surface area (Å²) in [7, 11) is 1.60. The first-order valence-electron chi connectivity index (χ1n) is 6.21. The van der Waals surface area contributed by atoms with Gasteiger partial charge in [0.1, 0.15) is 5.69 Å². The molecule has 19 heavy (non-hydrogen) atoms. The fourth-order valence-electron chi connectivity index (χ4n) is 1.86. The predicted octanol–water partition coefficient (Wildman–Crippen LogP) is 2.12. The largest absolute Gasteiger partial charge is 0.389 e. The number of rotatable bonds is 7. The van der Waals surface area contributed by atoms with Crippen LogP contribution in [0.1, 0.15) is 25.5 Å². The van der Waals surface area contributed by atoms with Crippen molar-refractivity contribution in [2.45, 2.75) is 20.0 Å². The number of nitro benzene ring substituents is 1. The zero-order valence-electron chi connectivity index (χ0n) is 11.5. The van der Waals surface area contributed by atoms with Crippen LogP contribution in [-0.2, 0) is 4.74 Å². The summed E-state index contributed by atoms with van der Waals surface area (Å²) in [5.41, 5.74) is 1.10. The maximum absolute atomic E-state index is 11.2. The van der Waals surface area contributed by atoms with Crippen LogP contribution in [0.25, 0.3) is 0 Å². The number of nitro groups is 1. The van der Waals surface area contributed by atoms with E-state index in [9.17, 15) is 15.2 Å². The fraction of sp³-hybridized carbons (Fsp3) is 0.538. The van der Waals surface area contributed by atoms with E-state index in [-0.39, 0.29) is 5.69 Å². The highest BCUT2D eigenvalue weighted by Crippen LogP contribution is 2.31. The first-order chi connectivity index (χ1) is 9.01. The number of anilines is 1. The molecule has 6 nitrogen and oxygen atoms in total. The number of benzene rings is 1. The smallest absolute Gasteiger partial charge is 0.292 e. The van der Waals surface area contributed by atoms with Crippen LogP contribution in [0.15, 0.2) is 18.2 Å². The summed E-state index contributed by atoms with van der Waals surface area (Å²) in [6.45, 7) is 5.26. The van der Waals surface area contributed by atoms with E-state index >= 15 is 0 Å². The molecule has 0 fully saturated rings. The fourth-order valence-corrected chi connectivity index (χ4v) is 1.86. The number of likely N-dealkylation sites (N-methyl/N-ethyl adjacent to an activating group) is 1. The Labute approximate surface area is 112 Å². The van der Waals surface area contributed by atoms with Gasteiger partial charge in [-0.25, -0.2) is 0 Å². The van der Waals surface area contributed by atoms with Gasteiger partial charge in [-0.2, -0.15) is 0 Å². The molecule has 1 aromatic rings.